The molecule has 0 heterocycles. The van der Waals surface area contributed by atoms with Crippen molar-refractivity contribution in [1.29, 1.82) is 0 Å². The van der Waals surface area contributed by atoms with Gasteiger partial charge in [0.05, 0.1) is 12.7 Å². The van der Waals surface area contributed by atoms with Gasteiger partial charge in [-0.05, 0) is 6.92 Å². The number of hydrogen-bond acceptors (Lipinski definition) is 2. The highest BCUT2D eigenvalue weighted by Gasteiger charge is 1.95. The van der Waals surface area contributed by atoms with Gasteiger partial charge in [-0.15, -0.1) is 11.8 Å². The Labute approximate surface area is 49.2 Å². The third-order valence-electron chi connectivity index (χ3n) is 0.725. The molecule has 2 heteroatoms. The van der Waals surface area contributed by atoms with E-state index in [1.165, 1.54) is 0 Å². The summed E-state index contributed by atoms with van der Waals surface area (Å²) in [5.41, 5.74) is 0. The predicted octanol–water partition coefficient (Wildman–Crippen LogP) is -0.247. The van der Waals surface area contributed by atoms with Crippen LogP contribution in [0.15, 0.2) is 0 Å². The van der Waals surface area contributed by atoms with E-state index in [-0.39, 0.29) is 6.61 Å². The maximum atomic E-state index is 8.64. The molecule has 0 saturated heterocycles. The van der Waals surface area contributed by atoms with Crippen molar-refractivity contribution in [3.63, 3.8) is 0 Å². The van der Waals surface area contributed by atoms with E-state index in [0.717, 1.165) is 0 Å². The van der Waals surface area contributed by atoms with Crippen molar-refractivity contribution in [3.8, 4) is 11.8 Å². The number of rotatable bonds is 2. The van der Waals surface area contributed by atoms with E-state index in [4.69, 9.17) is 10.2 Å². The molecule has 0 aliphatic heterocycles. The van der Waals surface area contributed by atoms with Gasteiger partial charge in [0, 0.05) is 6.42 Å². The minimum absolute atomic E-state index is 0.200. The molecular formula is C6H10O2. The van der Waals surface area contributed by atoms with Gasteiger partial charge in [-0.2, -0.15) is 0 Å². The Kier molecular flexibility index (Phi) is 4.33. The van der Waals surface area contributed by atoms with Crippen molar-refractivity contribution < 1.29 is 10.2 Å². The number of aliphatic hydroxyl groups is 2. The SMILES string of the molecule is CC#CC[C@@H](O)CO. The van der Waals surface area contributed by atoms with Crippen molar-refractivity contribution in [3.05, 3.63) is 0 Å². The minimum atomic E-state index is -0.664. The Bertz CT molecular complexity index is 98.8. The molecule has 0 rings (SSSR count). The third kappa shape index (κ3) is 3.66. The van der Waals surface area contributed by atoms with E-state index in [1.807, 2.05) is 0 Å². The Balaban J connectivity index is 3.19. The van der Waals surface area contributed by atoms with Gasteiger partial charge in [0.15, 0.2) is 0 Å². The normalized spacial score (nSPS) is 11.9. The molecular weight excluding hydrogens is 104 g/mol. The molecule has 2 nitrogen and oxygen atoms in total. The molecule has 46 valence electrons. The van der Waals surface area contributed by atoms with Crippen molar-refractivity contribution in [1.82, 2.24) is 0 Å². The molecule has 2 N–H and O–H groups in total. The van der Waals surface area contributed by atoms with Crippen LogP contribution < -0.4 is 0 Å². The van der Waals surface area contributed by atoms with Crippen molar-refractivity contribution in [2.24, 2.45) is 0 Å². The summed E-state index contributed by atoms with van der Waals surface area (Å²) in [4.78, 5) is 0. The predicted molar refractivity (Wildman–Crippen MR) is 31.2 cm³/mol. The quantitative estimate of drug-likeness (QED) is 0.486. The van der Waals surface area contributed by atoms with E-state index in [2.05, 4.69) is 11.8 Å². The first-order valence-electron chi connectivity index (χ1n) is 2.49. The van der Waals surface area contributed by atoms with Gasteiger partial charge in [-0.1, -0.05) is 0 Å². The molecule has 0 unspecified atom stereocenters. The second-order valence-electron chi connectivity index (χ2n) is 1.47. The molecule has 0 saturated carbocycles. The highest BCUT2D eigenvalue weighted by Crippen LogP contribution is 1.84. The molecule has 1 atom stereocenters. The van der Waals surface area contributed by atoms with Crippen LogP contribution in [0.25, 0.3) is 0 Å². The first-order chi connectivity index (χ1) is 3.81. The average Bonchev–Trinajstić information content (AvgIpc) is 1.83. The molecule has 0 aromatic carbocycles. The molecule has 0 radical (unpaired) electrons. The van der Waals surface area contributed by atoms with Crippen LogP contribution in [0.1, 0.15) is 13.3 Å². The lowest BCUT2D eigenvalue weighted by Crippen LogP contribution is -2.09. The summed E-state index contributed by atoms with van der Waals surface area (Å²) in [7, 11) is 0. The summed E-state index contributed by atoms with van der Waals surface area (Å²) in [5, 5.41) is 16.9. The summed E-state index contributed by atoms with van der Waals surface area (Å²) in [6.07, 6.45) is -0.296. The van der Waals surface area contributed by atoms with E-state index >= 15 is 0 Å². The molecule has 0 aromatic rings. The first-order valence-corrected chi connectivity index (χ1v) is 2.49. The zero-order valence-electron chi connectivity index (χ0n) is 4.89. The molecule has 0 aliphatic rings. The summed E-state index contributed by atoms with van der Waals surface area (Å²) in [5.74, 6) is 5.25. The zero-order chi connectivity index (χ0) is 6.41. The Hall–Kier alpha value is -0.520. The fourth-order valence-electron chi connectivity index (χ4n) is 0.284. The average molecular weight is 114 g/mol. The van der Waals surface area contributed by atoms with E-state index in [0.29, 0.717) is 6.42 Å². The van der Waals surface area contributed by atoms with Gasteiger partial charge in [0.2, 0.25) is 0 Å². The van der Waals surface area contributed by atoms with Crippen LogP contribution in [0.3, 0.4) is 0 Å². The molecule has 0 fully saturated rings. The fourth-order valence-corrected chi connectivity index (χ4v) is 0.284. The van der Waals surface area contributed by atoms with Crippen LogP contribution in [0.2, 0.25) is 0 Å². The second kappa shape index (κ2) is 4.63. The summed E-state index contributed by atoms with van der Waals surface area (Å²) >= 11 is 0. The number of hydrogen-bond donors (Lipinski definition) is 2. The van der Waals surface area contributed by atoms with Gasteiger partial charge in [0.1, 0.15) is 0 Å². The van der Waals surface area contributed by atoms with Crippen molar-refractivity contribution in [2.45, 2.75) is 19.4 Å². The lowest BCUT2D eigenvalue weighted by Gasteiger charge is -1.97. The monoisotopic (exact) mass is 114 g/mol. The summed E-state index contributed by atoms with van der Waals surface area (Å²) < 4.78 is 0. The fraction of sp³-hybridized carbons (Fsp3) is 0.667. The van der Waals surface area contributed by atoms with Crippen LogP contribution in [-0.2, 0) is 0 Å². The summed E-state index contributed by atoms with van der Waals surface area (Å²) in [6.45, 7) is 1.50. The van der Waals surface area contributed by atoms with E-state index in [9.17, 15) is 0 Å². The van der Waals surface area contributed by atoms with E-state index in [1.54, 1.807) is 6.92 Å². The highest BCUT2D eigenvalue weighted by molar-refractivity contribution is 4.96. The molecule has 0 aliphatic carbocycles. The van der Waals surface area contributed by atoms with Crippen molar-refractivity contribution in [2.75, 3.05) is 6.61 Å². The highest BCUT2D eigenvalue weighted by atomic mass is 16.3. The number of aliphatic hydroxyl groups excluding tert-OH is 2. The lowest BCUT2D eigenvalue weighted by molar-refractivity contribution is 0.0992. The largest absolute Gasteiger partial charge is 0.394 e. The zero-order valence-corrected chi connectivity index (χ0v) is 4.89. The van der Waals surface area contributed by atoms with Gasteiger partial charge >= 0.3 is 0 Å². The molecule has 0 aromatic heterocycles. The standard InChI is InChI=1S/C6H10O2/c1-2-3-4-6(8)5-7/h6-8H,4-5H2,1H3/t6-/m1/s1. The van der Waals surface area contributed by atoms with Gasteiger partial charge in [0.25, 0.3) is 0 Å². The van der Waals surface area contributed by atoms with Crippen LogP contribution >= 0.6 is 0 Å². The first kappa shape index (κ1) is 7.48. The topological polar surface area (TPSA) is 40.5 Å². The lowest BCUT2D eigenvalue weighted by atomic mass is 10.3. The molecule has 0 spiro atoms. The van der Waals surface area contributed by atoms with Crippen LogP contribution in [0.4, 0.5) is 0 Å². The molecule has 8 heavy (non-hydrogen) atoms. The van der Waals surface area contributed by atoms with Gasteiger partial charge < -0.3 is 10.2 Å². The van der Waals surface area contributed by atoms with Crippen molar-refractivity contribution >= 4 is 0 Å². The minimum Gasteiger partial charge on any atom is -0.394 e. The summed E-state index contributed by atoms with van der Waals surface area (Å²) in [6, 6.07) is 0. The Morgan fingerprint density at radius 1 is 1.62 bits per heavy atom. The van der Waals surface area contributed by atoms with Crippen LogP contribution in [0, 0.1) is 11.8 Å². The maximum Gasteiger partial charge on any atom is 0.0879 e. The van der Waals surface area contributed by atoms with Crippen LogP contribution in [-0.4, -0.2) is 22.9 Å². The van der Waals surface area contributed by atoms with Gasteiger partial charge in [-0.3, -0.25) is 0 Å². The Morgan fingerprint density at radius 2 is 2.25 bits per heavy atom. The smallest absolute Gasteiger partial charge is 0.0879 e. The third-order valence-corrected chi connectivity index (χ3v) is 0.725. The maximum absolute atomic E-state index is 8.64. The second-order valence-corrected chi connectivity index (χ2v) is 1.47. The molecule has 0 amide bonds. The molecule has 0 bridgehead atoms. The van der Waals surface area contributed by atoms with E-state index < -0.39 is 6.10 Å². The van der Waals surface area contributed by atoms with Gasteiger partial charge in [-0.25, -0.2) is 0 Å². The van der Waals surface area contributed by atoms with Crippen LogP contribution in [0.5, 0.6) is 0 Å². The Morgan fingerprint density at radius 3 is 2.62 bits per heavy atom.